The topological polar surface area (TPSA) is 118 Å². The van der Waals surface area contributed by atoms with E-state index in [2.05, 4.69) is 20.6 Å². The van der Waals surface area contributed by atoms with Crippen LogP contribution >= 0.6 is 0 Å². The maximum Gasteiger partial charge on any atom is 0.327 e. The summed E-state index contributed by atoms with van der Waals surface area (Å²) < 4.78 is 45.1. The minimum atomic E-state index is -3.23. The Kier molecular flexibility index (Phi) is 6.76. The number of carbonyl (C=O) groups excluding carboxylic acids is 1. The van der Waals surface area contributed by atoms with E-state index in [1.807, 2.05) is 12.1 Å². The Morgan fingerprint density at radius 1 is 1.00 bits per heavy atom. The number of nitrogens with one attached hydrogen (secondary N) is 2. The highest BCUT2D eigenvalue weighted by Crippen LogP contribution is 2.27. The van der Waals surface area contributed by atoms with Gasteiger partial charge in [0.25, 0.3) is 0 Å². The Hall–Kier alpha value is -4.03. The first-order valence-electron chi connectivity index (χ1n) is 11.6. The van der Waals surface area contributed by atoms with E-state index in [-0.39, 0.29) is 17.9 Å². The molecule has 2 aromatic heterocycles. The molecule has 0 saturated carbocycles. The molecule has 1 aliphatic rings. The van der Waals surface area contributed by atoms with Gasteiger partial charge in [-0.25, -0.2) is 31.9 Å². The Balaban J connectivity index is 1.25. The van der Waals surface area contributed by atoms with Gasteiger partial charge < -0.3 is 15.4 Å². The van der Waals surface area contributed by atoms with Crippen molar-refractivity contribution in [3.8, 4) is 11.5 Å². The lowest BCUT2D eigenvalue weighted by molar-refractivity contribution is 0.230. The number of ether oxygens (including phenoxy) is 1. The van der Waals surface area contributed by atoms with Gasteiger partial charge in [0.15, 0.2) is 5.65 Å². The molecule has 10 nitrogen and oxygen atoms in total. The molecule has 1 amide bonds. The number of piperidine rings is 1. The molecule has 0 aliphatic carbocycles. The standard InChI is InChI=1S/C25H25FN6O4S/c1-37(34,35)31-13-10-19(11-14-31)30-25(33)32-15-12-22-23(27-16-28-24(22)32)29-18-4-8-21(9-5-18)36-20-6-2-17(26)3-7-20/h2-9,12,15-16,19H,10-11,13-14H2,1H3,(H,30,33)(H,27,28,29). The van der Waals surface area contributed by atoms with Gasteiger partial charge in [-0.1, -0.05) is 0 Å². The van der Waals surface area contributed by atoms with Crippen LogP contribution in [-0.4, -0.2) is 58.7 Å². The predicted octanol–water partition coefficient (Wildman–Crippen LogP) is 4.09. The van der Waals surface area contributed by atoms with Crippen LogP contribution in [0, 0.1) is 5.82 Å². The maximum atomic E-state index is 13.1. The van der Waals surface area contributed by atoms with E-state index in [1.165, 1.54) is 33.6 Å². The summed E-state index contributed by atoms with van der Waals surface area (Å²) in [5, 5.41) is 6.87. The summed E-state index contributed by atoms with van der Waals surface area (Å²) in [6, 6.07) is 14.3. The van der Waals surface area contributed by atoms with Gasteiger partial charge >= 0.3 is 6.03 Å². The quantitative estimate of drug-likeness (QED) is 0.390. The van der Waals surface area contributed by atoms with Gasteiger partial charge in [-0.2, -0.15) is 0 Å². The van der Waals surface area contributed by atoms with Crippen LogP contribution in [0.2, 0.25) is 0 Å². The first-order chi connectivity index (χ1) is 17.8. The highest BCUT2D eigenvalue weighted by molar-refractivity contribution is 7.88. The number of halogens is 1. The first-order valence-corrected chi connectivity index (χ1v) is 13.5. The number of anilines is 2. The van der Waals surface area contributed by atoms with Crippen LogP contribution in [0.4, 0.5) is 20.7 Å². The van der Waals surface area contributed by atoms with Crippen molar-refractivity contribution >= 4 is 38.6 Å². The molecule has 0 unspecified atom stereocenters. The van der Waals surface area contributed by atoms with Crippen LogP contribution in [0.5, 0.6) is 11.5 Å². The molecule has 1 fully saturated rings. The molecule has 4 aromatic rings. The van der Waals surface area contributed by atoms with E-state index in [0.29, 0.717) is 54.3 Å². The summed E-state index contributed by atoms with van der Waals surface area (Å²) in [5.41, 5.74) is 1.20. The van der Waals surface area contributed by atoms with Crippen LogP contribution in [0.25, 0.3) is 11.0 Å². The molecule has 12 heteroatoms. The zero-order valence-corrected chi connectivity index (χ0v) is 20.8. The lowest BCUT2D eigenvalue weighted by atomic mass is 10.1. The second-order valence-corrected chi connectivity index (χ2v) is 10.7. The number of hydrogen-bond acceptors (Lipinski definition) is 7. The number of fused-ring (bicyclic) bond motifs is 1. The molecule has 2 aromatic carbocycles. The molecule has 37 heavy (non-hydrogen) atoms. The van der Waals surface area contributed by atoms with Crippen LogP contribution in [-0.2, 0) is 10.0 Å². The van der Waals surface area contributed by atoms with Crippen molar-refractivity contribution < 1.29 is 22.3 Å². The largest absolute Gasteiger partial charge is 0.457 e. The van der Waals surface area contributed by atoms with Gasteiger partial charge in [0.2, 0.25) is 10.0 Å². The van der Waals surface area contributed by atoms with Gasteiger partial charge in [-0.05, 0) is 67.4 Å². The van der Waals surface area contributed by atoms with E-state index in [4.69, 9.17) is 4.74 Å². The Morgan fingerprint density at radius 3 is 2.30 bits per heavy atom. The van der Waals surface area contributed by atoms with Crippen molar-refractivity contribution in [3.63, 3.8) is 0 Å². The molecule has 2 N–H and O–H groups in total. The highest BCUT2D eigenvalue weighted by atomic mass is 32.2. The lowest BCUT2D eigenvalue weighted by Gasteiger charge is -2.30. The number of benzene rings is 2. The molecular formula is C25H25FN6O4S. The monoisotopic (exact) mass is 524 g/mol. The second kappa shape index (κ2) is 10.1. The van der Waals surface area contributed by atoms with Gasteiger partial charge in [0, 0.05) is 31.0 Å². The van der Waals surface area contributed by atoms with Crippen LogP contribution in [0.15, 0.2) is 67.1 Å². The van der Waals surface area contributed by atoms with Crippen molar-refractivity contribution in [2.24, 2.45) is 0 Å². The number of amides is 1. The fraction of sp³-hybridized carbons (Fsp3) is 0.240. The summed E-state index contributed by atoms with van der Waals surface area (Å²) in [6.07, 6.45) is 5.29. The molecule has 192 valence electrons. The predicted molar refractivity (Wildman–Crippen MR) is 137 cm³/mol. The Morgan fingerprint density at radius 2 is 1.65 bits per heavy atom. The van der Waals surface area contributed by atoms with Crippen LogP contribution < -0.4 is 15.4 Å². The van der Waals surface area contributed by atoms with Gasteiger partial charge in [0.05, 0.1) is 11.6 Å². The summed E-state index contributed by atoms with van der Waals surface area (Å²) in [4.78, 5) is 21.6. The zero-order valence-electron chi connectivity index (χ0n) is 20.0. The molecule has 0 radical (unpaired) electrons. The minimum absolute atomic E-state index is 0.127. The van der Waals surface area contributed by atoms with Crippen molar-refractivity contribution in [1.82, 2.24) is 24.2 Å². The third-order valence-electron chi connectivity index (χ3n) is 6.12. The van der Waals surface area contributed by atoms with Crippen molar-refractivity contribution in [2.75, 3.05) is 24.7 Å². The fourth-order valence-corrected chi connectivity index (χ4v) is 5.05. The Labute approximate surface area is 213 Å². The van der Waals surface area contributed by atoms with Gasteiger partial charge in [-0.3, -0.25) is 4.57 Å². The van der Waals surface area contributed by atoms with E-state index in [0.717, 1.165) is 5.69 Å². The molecule has 5 rings (SSSR count). The van der Waals surface area contributed by atoms with E-state index in [1.54, 1.807) is 36.5 Å². The zero-order chi connectivity index (χ0) is 26.0. The average Bonchev–Trinajstić information content (AvgIpc) is 3.32. The maximum absolute atomic E-state index is 13.1. The Bertz CT molecular complexity index is 1520. The number of carbonyl (C=O) groups is 1. The number of aromatic nitrogens is 3. The summed E-state index contributed by atoms with van der Waals surface area (Å²) >= 11 is 0. The molecule has 3 heterocycles. The molecule has 0 atom stereocenters. The molecule has 1 aliphatic heterocycles. The van der Waals surface area contributed by atoms with Crippen molar-refractivity contribution in [3.05, 3.63) is 72.9 Å². The van der Waals surface area contributed by atoms with Crippen molar-refractivity contribution in [2.45, 2.75) is 18.9 Å². The van der Waals surface area contributed by atoms with Crippen molar-refractivity contribution in [1.29, 1.82) is 0 Å². The molecule has 1 saturated heterocycles. The lowest BCUT2D eigenvalue weighted by Crippen LogP contribution is -2.47. The smallest absolute Gasteiger partial charge is 0.327 e. The van der Waals surface area contributed by atoms with E-state index < -0.39 is 10.0 Å². The summed E-state index contributed by atoms with van der Waals surface area (Å²) in [6.45, 7) is 0.750. The normalized spacial score (nSPS) is 15.0. The van der Waals surface area contributed by atoms with Gasteiger partial charge in [0.1, 0.15) is 29.5 Å². The summed E-state index contributed by atoms with van der Waals surface area (Å²) in [7, 11) is -3.23. The highest BCUT2D eigenvalue weighted by Gasteiger charge is 2.26. The number of sulfonamides is 1. The third kappa shape index (κ3) is 5.70. The molecule has 0 bridgehead atoms. The van der Waals surface area contributed by atoms with Crippen LogP contribution in [0.1, 0.15) is 12.8 Å². The average molecular weight is 525 g/mol. The van der Waals surface area contributed by atoms with E-state index >= 15 is 0 Å². The third-order valence-corrected chi connectivity index (χ3v) is 7.42. The number of nitrogens with zero attached hydrogens (tertiary/aromatic N) is 4. The van der Waals surface area contributed by atoms with Crippen LogP contribution in [0.3, 0.4) is 0 Å². The summed E-state index contributed by atoms with van der Waals surface area (Å²) in [5.74, 6) is 1.32. The SMILES string of the molecule is CS(=O)(=O)N1CCC(NC(=O)n2ccc3c(Nc4ccc(Oc5ccc(F)cc5)cc4)ncnc32)CC1. The second-order valence-electron chi connectivity index (χ2n) is 8.74. The fourth-order valence-electron chi connectivity index (χ4n) is 4.17. The number of hydrogen-bond donors (Lipinski definition) is 2. The van der Waals surface area contributed by atoms with Gasteiger partial charge in [-0.15, -0.1) is 0 Å². The first kappa shape index (κ1) is 24.7. The van der Waals surface area contributed by atoms with E-state index in [9.17, 15) is 17.6 Å². The molecular weight excluding hydrogens is 499 g/mol. The minimum Gasteiger partial charge on any atom is -0.457 e. The number of rotatable bonds is 6. The molecule has 0 spiro atoms.